The van der Waals surface area contributed by atoms with Crippen LogP contribution in [0.2, 0.25) is 0 Å². The minimum absolute atomic E-state index is 0.0190. The first-order valence-electron chi connectivity index (χ1n) is 9.53. The second kappa shape index (κ2) is 5.93. The molecule has 1 nitrogen and oxygen atoms in total. The molecule has 1 aliphatic heterocycles. The highest BCUT2D eigenvalue weighted by atomic mass is 33.1. The zero-order chi connectivity index (χ0) is 20.5. The van der Waals surface area contributed by atoms with Crippen molar-refractivity contribution >= 4 is 27.4 Å². The smallest absolute Gasteiger partial charge is 0.135 e. The van der Waals surface area contributed by atoms with E-state index in [1.54, 1.807) is 6.92 Å². The van der Waals surface area contributed by atoms with Gasteiger partial charge < -0.3 is 0 Å². The number of rotatable bonds is 5. The Balaban J connectivity index is 3.59. The van der Waals surface area contributed by atoms with Crippen LogP contribution in [0.3, 0.4) is 0 Å². The van der Waals surface area contributed by atoms with Crippen LogP contribution in [0.15, 0.2) is 0 Å². The van der Waals surface area contributed by atoms with Crippen molar-refractivity contribution in [2.24, 2.45) is 27.1 Å². The van der Waals surface area contributed by atoms with Crippen LogP contribution in [0.5, 0.6) is 0 Å². The fourth-order valence-corrected chi connectivity index (χ4v) is 9.23. The third-order valence-electron chi connectivity index (χ3n) is 9.87. The van der Waals surface area contributed by atoms with Crippen LogP contribution in [0, 0.1) is 27.1 Å². The van der Waals surface area contributed by atoms with Gasteiger partial charge in [-0.25, -0.2) is 0 Å². The molecule has 0 aliphatic carbocycles. The third-order valence-corrected chi connectivity index (χ3v) is 14.7. The van der Waals surface area contributed by atoms with Gasteiger partial charge in [-0.1, -0.05) is 90.8 Å². The van der Waals surface area contributed by atoms with Crippen molar-refractivity contribution in [3.05, 3.63) is 0 Å². The lowest BCUT2D eigenvalue weighted by atomic mass is 9.42. The van der Waals surface area contributed by atoms with Crippen molar-refractivity contribution in [2.75, 3.05) is 0 Å². The summed E-state index contributed by atoms with van der Waals surface area (Å²) >= 11 is 0. The standard InChI is InChI=1S/C22H42OS2/c1-15(23)16(2,3)17(4,5)18(6,7)19(8,9)22(14)20(10,11)21(12,13)24-25-22/h1-14H3. The maximum Gasteiger partial charge on any atom is 0.135 e. The number of hydrogen-bond donors (Lipinski definition) is 0. The van der Waals surface area contributed by atoms with Gasteiger partial charge in [-0.2, -0.15) is 0 Å². The second-order valence-electron chi connectivity index (χ2n) is 11.4. The molecule has 0 radical (unpaired) electrons. The monoisotopic (exact) mass is 386 g/mol. The summed E-state index contributed by atoms with van der Waals surface area (Å²) in [5.41, 5.74) is -0.389. The van der Waals surface area contributed by atoms with Crippen LogP contribution < -0.4 is 0 Å². The van der Waals surface area contributed by atoms with E-state index >= 15 is 0 Å². The minimum Gasteiger partial charge on any atom is -0.299 e. The average Bonchev–Trinajstić information content (AvgIpc) is 2.58. The zero-order valence-electron chi connectivity index (χ0n) is 19.2. The van der Waals surface area contributed by atoms with Crippen LogP contribution in [0.25, 0.3) is 0 Å². The molecule has 3 heteroatoms. The summed E-state index contributed by atoms with van der Waals surface area (Å²) < 4.78 is 0.293. The van der Waals surface area contributed by atoms with Crippen molar-refractivity contribution in [3.8, 4) is 0 Å². The Morgan fingerprint density at radius 1 is 0.720 bits per heavy atom. The van der Waals surface area contributed by atoms with Crippen LogP contribution in [-0.4, -0.2) is 15.3 Å². The number of hydrogen-bond acceptors (Lipinski definition) is 3. The molecule has 0 bridgehead atoms. The molecule has 0 amide bonds. The van der Waals surface area contributed by atoms with Gasteiger partial charge in [-0.05, 0) is 49.4 Å². The van der Waals surface area contributed by atoms with Crippen LogP contribution >= 0.6 is 21.6 Å². The Morgan fingerprint density at radius 3 is 1.40 bits per heavy atom. The summed E-state index contributed by atoms with van der Waals surface area (Å²) in [5.74, 6) is 0.277. The predicted octanol–water partition coefficient (Wildman–Crippen LogP) is 7.64. The lowest BCUT2D eigenvalue weighted by molar-refractivity contribution is -0.153. The molecule has 1 atom stereocenters. The molecule has 0 aromatic carbocycles. The molecule has 0 N–H and O–H groups in total. The fourth-order valence-electron chi connectivity index (χ4n) is 4.45. The van der Waals surface area contributed by atoms with Crippen LogP contribution in [0.1, 0.15) is 96.9 Å². The SMILES string of the molecule is CC(=O)C(C)(C)C(C)(C)C(C)(C)C(C)(C)C1(C)SSC(C)(C)C1(C)C. The predicted molar refractivity (Wildman–Crippen MR) is 117 cm³/mol. The normalized spacial score (nSPS) is 27.4. The molecule has 1 heterocycles. The topological polar surface area (TPSA) is 17.1 Å². The van der Waals surface area contributed by atoms with E-state index in [4.69, 9.17) is 0 Å². The highest BCUT2D eigenvalue weighted by molar-refractivity contribution is 8.78. The van der Waals surface area contributed by atoms with Gasteiger partial charge in [0.25, 0.3) is 0 Å². The number of Topliss-reactive ketones (excluding diaryl/α,β-unsaturated/α-hetero) is 1. The largest absolute Gasteiger partial charge is 0.299 e. The number of ketones is 1. The highest BCUT2D eigenvalue weighted by Crippen LogP contribution is 2.76. The Morgan fingerprint density at radius 2 is 1.12 bits per heavy atom. The molecule has 1 saturated heterocycles. The summed E-state index contributed by atoms with van der Waals surface area (Å²) in [4.78, 5) is 12.5. The number of carbonyl (C=O) groups is 1. The molecule has 0 spiro atoms. The van der Waals surface area contributed by atoms with Crippen molar-refractivity contribution in [2.45, 2.75) is 106 Å². The summed E-state index contributed by atoms with van der Waals surface area (Å²) in [5, 5.41) is 0. The summed E-state index contributed by atoms with van der Waals surface area (Å²) in [6.07, 6.45) is 0. The van der Waals surface area contributed by atoms with Crippen molar-refractivity contribution < 1.29 is 4.79 Å². The lowest BCUT2D eigenvalue weighted by Gasteiger charge is -2.65. The Labute approximate surface area is 165 Å². The molecule has 25 heavy (non-hydrogen) atoms. The van der Waals surface area contributed by atoms with Crippen molar-refractivity contribution in [1.29, 1.82) is 0 Å². The molecule has 0 aromatic heterocycles. The third kappa shape index (κ3) is 2.69. The molecule has 1 aliphatic rings. The minimum atomic E-state index is -0.375. The van der Waals surface area contributed by atoms with E-state index in [2.05, 4.69) is 101 Å². The molecular weight excluding hydrogens is 344 g/mol. The van der Waals surface area contributed by atoms with E-state index in [0.29, 0.717) is 0 Å². The van der Waals surface area contributed by atoms with E-state index in [1.807, 2.05) is 10.8 Å². The second-order valence-corrected chi connectivity index (χ2v) is 14.6. The van der Waals surface area contributed by atoms with Gasteiger partial charge in [0.1, 0.15) is 5.78 Å². The average molecular weight is 387 g/mol. The van der Waals surface area contributed by atoms with Gasteiger partial charge in [0.15, 0.2) is 0 Å². The van der Waals surface area contributed by atoms with Crippen LogP contribution in [-0.2, 0) is 4.79 Å². The molecule has 1 fully saturated rings. The van der Waals surface area contributed by atoms with Gasteiger partial charge in [0.2, 0.25) is 0 Å². The van der Waals surface area contributed by atoms with E-state index in [0.717, 1.165) is 0 Å². The van der Waals surface area contributed by atoms with E-state index in [9.17, 15) is 4.79 Å². The van der Waals surface area contributed by atoms with Gasteiger partial charge in [0.05, 0.1) is 0 Å². The van der Waals surface area contributed by atoms with Gasteiger partial charge in [-0.15, -0.1) is 0 Å². The summed E-state index contributed by atoms with van der Waals surface area (Å²) in [7, 11) is 4.09. The summed E-state index contributed by atoms with van der Waals surface area (Å²) in [6, 6.07) is 0. The lowest BCUT2D eigenvalue weighted by Crippen LogP contribution is -2.64. The molecule has 1 unspecified atom stereocenters. The molecule has 148 valence electrons. The first-order chi connectivity index (χ1) is 10.7. The highest BCUT2D eigenvalue weighted by Gasteiger charge is 2.69. The van der Waals surface area contributed by atoms with Gasteiger partial charge in [0, 0.05) is 14.9 Å². The first-order valence-corrected chi connectivity index (χ1v) is 11.7. The molecular formula is C22H42OS2. The van der Waals surface area contributed by atoms with Crippen LogP contribution in [0.4, 0.5) is 0 Å². The van der Waals surface area contributed by atoms with Gasteiger partial charge >= 0.3 is 0 Å². The van der Waals surface area contributed by atoms with Gasteiger partial charge in [-0.3, -0.25) is 4.79 Å². The molecule has 0 aromatic rings. The first kappa shape index (κ1) is 23.4. The maximum absolute atomic E-state index is 12.5. The van der Waals surface area contributed by atoms with E-state index in [1.165, 1.54) is 0 Å². The van der Waals surface area contributed by atoms with E-state index in [-0.39, 0.29) is 42.4 Å². The summed E-state index contributed by atoms with van der Waals surface area (Å²) in [6.45, 7) is 32.3. The Kier molecular flexibility index (Phi) is 5.55. The zero-order valence-corrected chi connectivity index (χ0v) is 20.9. The molecule has 1 rings (SSSR count). The van der Waals surface area contributed by atoms with Crippen molar-refractivity contribution in [1.82, 2.24) is 0 Å². The van der Waals surface area contributed by atoms with Crippen molar-refractivity contribution in [3.63, 3.8) is 0 Å². The van der Waals surface area contributed by atoms with E-state index < -0.39 is 0 Å². The fraction of sp³-hybridized carbons (Fsp3) is 0.955. The maximum atomic E-state index is 12.5. The quantitative estimate of drug-likeness (QED) is 0.452. The Bertz CT molecular complexity index is 552. The Hall–Kier alpha value is 0.370. The molecule has 0 saturated carbocycles. The number of carbonyl (C=O) groups excluding carboxylic acids is 1.